The van der Waals surface area contributed by atoms with E-state index in [1.165, 1.54) is 0 Å². The summed E-state index contributed by atoms with van der Waals surface area (Å²) in [5, 5.41) is 0. The van der Waals surface area contributed by atoms with E-state index in [4.69, 9.17) is 9.47 Å². The molecule has 0 saturated carbocycles. The fourth-order valence-corrected chi connectivity index (χ4v) is 4.97. The second kappa shape index (κ2) is 8.65. The van der Waals surface area contributed by atoms with Crippen molar-refractivity contribution in [2.45, 2.75) is 50.5 Å². The molecule has 9 heteroatoms. The van der Waals surface area contributed by atoms with Crippen LogP contribution in [0, 0.1) is 0 Å². The Hall–Kier alpha value is -2.58. The van der Waals surface area contributed by atoms with Crippen molar-refractivity contribution >= 4 is 17.8 Å². The molecule has 1 aromatic rings. The molecule has 30 heavy (non-hydrogen) atoms. The summed E-state index contributed by atoms with van der Waals surface area (Å²) < 4.78 is 10.6. The SMILES string of the molecule is COc1cc(OC)nc(N2CCC[C@]3(CCC(=O)N3CC(=O)N3CCCC3)CC2)n1. The Morgan fingerprint density at radius 3 is 2.37 bits per heavy atom. The zero-order valence-corrected chi connectivity index (χ0v) is 17.9. The fraction of sp³-hybridized carbons (Fsp3) is 0.714. The highest BCUT2D eigenvalue weighted by molar-refractivity contribution is 5.87. The molecule has 1 atom stereocenters. The van der Waals surface area contributed by atoms with Crippen LogP contribution in [0.15, 0.2) is 6.07 Å². The van der Waals surface area contributed by atoms with Crippen molar-refractivity contribution in [2.24, 2.45) is 0 Å². The second-order valence-corrected chi connectivity index (χ2v) is 8.39. The minimum absolute atomic E-state index is 0.0871. The molecule has 9 nitrogen and oxygen atoms in total. The Labute approximate surface area is 177 Å². The zero-order valence-electron chi connectivity index (χ0n) is 17.9. The van der Waals surface area contributed by atoms with Crippen LogP contribution in [-0.2, 0) is 9.59 Å². The lowest BCUT2D eigenvalue weighted by molar-refractivity contribution is -0.141. The average Bonchev–Trinajstić information content (AvgIpc) is 3.34. The Kier molecular flexibility index (Phi) is 5.97. The first kappa shape index (κ1) is 20.7. The van der Waals surface area contributed by atoms with Crippen LogP contribution in [0.4, 0.5) is 5.95 Å². The Bertz CT molecular complexity index is 775. The summed E-state index contributed by atoms with van der Waals surface area (Å²) >= 11 is 0. The van der Waals surface area contributed by atoms with Crippen LogP contribution < -0.4 is 14.4 Å². The van der Waals surface area contributed by atoms with Gasteiger partial charge in [0.25, 0.3) is 0 Å². The molecule has 0 radical (unpaired) electrons. The predicted octanol–water partition coefficient (Wildman–Crippen LogP) is 1.47. The number of methoxy groups -OCH3 is 2. The topological polar surface area (TPSA) is 88.1 Å². The predicted molar refractivity (Wildman–Crippen MR) is 111 cm³/mol. The number of amides is 2. The van der Waals surface area contributed by atoms with E-state index in [1.807, 2.05) is 9.80 Å². The lowest BCUT2D eigenvalue weighted by Gasteiger charge is -2.38. The minimum Gasteiger partial charge on any atom is -0.481 e. The van der Waals surface area contributed by atoms with Crippen LogP contribution in [0.2, 0.25) is 0 Å². The number of hydrogen-bond acceptors (Lipinski definition) is 7. The van der Waals surface area contributed by atoms with E-state index in [0.29, 0.717) is 24.1 Å². The molecule has 1 aromatic heterocycles. The fourth-order valence-electron chi connectivity index (χ4n) is 4.97. The third-order valence-corrected chi connectivity index (χ3v) is 6.72. The van der Waals surface area contributed by atoms with Gasteiger partial charge in [0, 0.05) is 38.1 Å². The maximum Gasteiger partial charge on any atom is 0.242 e. The van der Waals surface area contributed by atoms with Gasteiger partial charge >= 0.3 is 0 Å². The van der Waals surface area contributed by atoms with Crippen LogP contribution >= 0.6 is 0 Å². The summed E-state index contributed by atoms with van der Waals surface area (Å²) in [5.41, 5.74) is -0.246. The largest absolute Gasteiger partial charge is 0.481 e. The summed E-state index contributed by atoms with van der Waals surface area (Å²) in [6.45, 7) is 3.35. The highest BCUT2D eigenvalue weighted by Gasteiger charge is 2.47. The van der Waals surface area contributed by atoms with Gasteiger partial charge in [-0.05, 0) is 38.5 Å². The van der Waals surface area contributed by atoms with Gasteiger partial charge in [-0.1, -0.05) is 0 Å². The highest BCUT2D eigenvalue weighted by atomic mass is 16.5. The number of hydrogen-bond donors (Lipinski definition) is 0. The molecule has 3 aliphatic rings. The first-order valence-electron chi connectivity index (χ1n) is 10.8. The first-order chi connectivity index (χ1) is 14.5. The van der Waals surface area contributed by atoms with Gasteiger partial charge < -0.3 is 24.2 Å². The first-order valence-corrected chi connectivity index (χ1v) is 10.8. The van der Waals surface area contributed by atoms with Gasteiger partial charge in [0.1, 0.15) is 6.54 Å². The van der Waals surface area contributed by atoms with Crippen molar-refractivity contribution in [2.75, 3.05) is 51.8 Å². The number of likely N-dealkylation sites (tertiary alicyclic amines) is 2. The Morgan fingerprint density at radius 2 is 1.70 bits per heavy atom. The molecule has 164 valence electrons. The van der Waals surface area contributed by atoms with E-state index in [9.17, 15) is 9.59 Å². The number of nitrogens with zero attached hydrogens (tertiary/aromatic N) is 5. The molecule has 0 N–H and O–H groups in total. The van der Waals surface area contributed by atoms with Crippen molar-refractivity contribution in [3.63, 3.8) is 0 Å². The maximum absolute atomic E-state index is 12.8. The maximum atomic E-state index is 12.8. The lowest BCUT2D eigenvalue weighted by atomic mass is 9.87. The minimum atomic E-state index is -0.246. The van der Waals surface area contributed by atoms with Gasteiger partial charge in [-0.15, -0.1) is 0 Å². The third kappa shape index (κ3) is 4.02. The van der Waals surface area contributed by atoms with Crippen molar-refractivity contribution < 1.29 is 19.1 Å². The van der Waals surface area contributed by atoms with Gasteiger partial charge in [0.2, 0.25) is 29.5 Å². The molecule has 3 fully saturated rings. The van der Waals surface area contributed by atoms with E-state index in [1.54, 1.807) is 20.3 Å². The van der Waals surface area contributed by atoms with Crippen molar-refractivity contribution in [1.29, 1.82) is 0 Å². The van der Waals surface area contributed by atoms with E-state index in [-0.39, 0.29) is 23.9 Å². The van der Waals surface area contributed by atoms with Gasteiger partial charge in [-0.25, -0.2) is 0 Å². The lowest BCUT2D eigenvalue weighted by Crippen LogP contribution is -2.51. The number of anilines is 1. The molecule has 3 saturated heterocycles. The monoisotopic (exact) mass is 417 g/mol. The number of ether oxygens (including phenoxy) is 2. The molecule has 4 heterocycles. The van der Waals surface area contributed by atoms with E-state index in [2.05, 4.69) is 14.9 Å². The average molecular weight is 418 g/mol. The van der Waals surface area contributed by atoms with Gasteiger partial charge in [0.05, 0.1) is 20.3 Å². The van der Waals surface area contributed by atoms with Gasteiger partial charge in [0.15, 0.2) is 0 Å². The van der Waals surface area contributed by atoms with Crippen molar-refractivity contribution in [3.05, 3.63) is 6.07 Å². The summed E-state index contributed by atoms with van der Waals surface area (Å²) in [5.74, 6) is 1.70. The number of carbonyl (C=O) groups excluding carboxylic acids is 2. The van der Waals surface area contributed by atoms with E-state index in [0.717, 1.165) is 64.7 Å². The molecule has 1 spiro atoms. The van der Waals surface area contributed by atoms with Gasteiger partial charge in [-0.3, -0.25) is 9.59 Å². The van der Waals surface area contributed by atoms with Crippen LogP contribution in [0.1, 0.15) is 44.9 Å². The van der Waals surface area contributed by atoms with Gasteiger partial charge in [-0.2, -0.15) is 9.97 Å². The summed E-state index contributed by atoms with van der Waals surface area (Å²) in [6, 6.07) is 1.66. The second-order valence-electron chi connectivity index (χ2n) is 8.39. The molecule has 0 aliphatic carbocycles. The van der Waals surface area contributed by atoms with Crippen LogP contribution in [-0.4, -0.2) is 84.1 Å². The van der Waals surface area contributed by atoms with Crippen LogP contribution in [0.3, 0.4) is 0 Å². The molecule has 4 rings (SSSR count). The molecule has 0 aromatic carbocycles. The van der Waals surface area contributed by atoms with Crippen molar-refractivity contribution in [3.8, 4) is 11.8 Å². The molecule has 0 bridgehead atoms. The van der Waals surface area contributed by atoms with E-state index >= 15 is 0 Å². The summed E-state index contributed by atoms with van der Waals surface area (Å²) in [6.07, 6.45) is 6.06. The number of rotatable bonds is 5. The number of aromatic nitrogens is 2. The standard InChI is InChI=1S/C21H31N5O4/c1-29-16-14-17(30-2)23-20(22-16)25-12-5-7-21(9-13-25)8-6-18(27)26(21)15-19(28)24-10-3-4-11-24/h14H,3-13,15H2,1-2H3/t21-/m0/s1. The third-order valence-electron chi connectivity index (χ3n) is 6.72. The normalized spacial score (nSPS) is 24.5. The van der Waals surface area contributed by atoms with Crippen molar-refractivity contribution in [1.82, 2.24) is 19.8 Å². The highest BCUT2D eigenvalue weighted by Crippen LogP contribution is 2.39. The Morgan fingerprint density at radius 1 is 1.00 bits per heavy atom. The summed E-state index contributed by atoms with van der Waals surface area (Å²) in [4.78, 5) is 40.4. The molecule has 2 amide bonds. The smallest absolute Gasteiger partial charge is 0.242 e. The van der Waals surface area contributed by atoms with Crippen LogP contribution in [0.5, 0.6) is 11.8 Å². The molecular formula is C21H31N5O4. The quantitative estimate of drug-likeness (QED) is 0.717. The van der Waals surface area contributed by atoms with Crippen LogP contribution in [0.25, 0.3) is 0 Å². The summed E-state index contributed by atoms with van der Waals surface area (Å²) in [7, 11) is 3.14. The molecule has 3 aliphatic heterocycles. The number of carbonyl (C=O) groups is 2. The molecular weight excluding hydrogens is 386 g/mol. The molecule has 0 unspecified atom stereocenters. The zero-order chi connectivity index (χ0) is 21.1. The van der Waals surface area contributed by atoms with E-state index < -0.39 is 0 Å². The Balaban J connectivity index is 1.49.